The molecule has 1 aromatic heterocycles. The molecular weight excluding hydrogens is 228 g/mol. The third-order valence-electron chi connectivity index (χ3n) is 3.27. The Bertz CT molecular complexity index is 400. The van der Waals surface area contributed by atoms with Crippen LogP contribution in [0.25, 0.3) is 0 Å². The van der Waals surface area contributed by atoms with E-state index in [0.29, 0.717) is 17.4 Å². The maximum absolute atomic E-state index is 11.8. The lowest BCUT2D eigenvalue weighted by Crippen LogP contribution is -2.29. The van der Waals surface area contributed by atoms with Crippen LogP contribution in [0.15, 0.2) is 12.1 Å². The first-order chi connectivity index (χ1) is 8.70. The van der Waals surface area contributed by atoms with Crippen molar-refractivity contribution in [3.63, 3.8) is 0 Å². The lowest BCUT2D eigenvalue weighted by Gasteiger charge is -2.10. The highest BCUT2D eigenvalue weighted by atomic mass is 16.1. The Labute approximate surface area is 107 Å². The quantitative estimate of drug-likeness (QED) is 0.804. The summed E-state index contributed by atoms with van der Waals surface area (Å²) >= 11 is 0. The molecule has 0 bridgehead atoms. The summed E-state index contributed by atoms with van der Waals surface area (Å²) in [4.78, 5) is 11.8. The van der Waals surface area contributed by atoms with Gasteiger partial charge in [0.05, 0.1) is 0 Å². The highest BCUT2D eigenvalue weighted by Gasteiger charge is 2.27. The Morgan fingerprint density at radius 1 is 1.44 bits per heavy atom. The topological polar surface area (TPSA) is 66.9 Å². The van der Waals surface area contributed by atoms with Gasteiger partial charge in [-0.2, -0.15) is 0 Å². The average Bonchev–Trinajstić information content (AvgIpc) is 3.21. The van der Waals surface area contributed by atoms with Crippen molar-refractivity contribution in [3.05, 3.63) is 17.8 Å². The average molecular weight is 248 g/mol. The molecule has 0 aliphatic heterocycles. The van der Waals surface area contributed by atoms with Crippen LogP contribution >= 0.6 is 0 Å². The Hall–Kier alpha value is -1.65. The van der Waals surface area contributed by atoms with Crippen molar-refractivity contribution in [2.24, 2.45) is 11.8 Å². The number of hydrogen-bond donors (Lipinski definition) is 2. The highest BCUT2D eigenvalue weighted by Crippen LogP contribution is 2.36. The van der Waals surface area contributed by atoms with Gasteiger partial charge < -0.3 is 10.6 Å². The van der Waals surface area contributed by atoms with E-state index < -0.39 is 0 Å². The molecular formula is C13H20N4O. The molecule has 1 heterocycles. The third-order valence-corrected chi connectivity index (χ3v) is 3.27. The number of amides is 1. The van der Waals surface area contributed by atoms with E-state index in [-0.39, 0.29) is 5.91 Å². The number of anilines is 1. The molecule has 0 radical (unpaired) electrons. The van der Waals surface area contributed by atoms with Gasteiger partial charge in [-0.25, -0.2) is 0 Å². The molecule has 1 unspecified atom stereocenters. The monoisotopic (exact) mass is 248 g/mol. The summed E-state index contributed by atoms with van der Waals surface area (Å²) in [5.41, 5.74) is 0.375. The van der Waals surface area contributed by atoms with Gasteiger partial charge in [0.25, 0.3) is 5.91 Å². The van der Waals surface area contributed by atoms with Gasteiger partial charge in [-0.15, -0.1) is 10.2 Å². The van der Waals surface area contributed by atoms with E-state index in [4.69, 9.17) is 0 Å². The van der Waals surface area contributed by atoms with E-state index in [2.05, 4.69) is 27.8 Å². The summed E-state index contributed by atoms with van der Waals surface area (Å²) < 4.78 is 0. The minimum absolute atomic E-state index is 0.141. The summed E-state index contributed by atoms with van der Waals surface area (Å²) in [6.45, 7) is 5.68. The number of rotatable bonds is 6. The summed E-state index contributed by atoms with van der Waals surface area (Å²) in [7, 11) is 0. The molecule has 0 spiro atoms. The number of carbonyl (C=O) groups is 1. The molecule has 1 saturated carbocycles. The smallest absolute Gasteiger partial charge is 0.271 e. The first kappa shape index (κ1) is 12.8. The van der Waals surface area contributed by atoms with Gasteiger partial charge in [-0.05, 0) is 43.7 Å². The molecule has 5 nitrogen and oxygen atoms in total. The molecule has 0 aromatic carbocycles. The predicted octanol–water partition coefficient (Wildman–Crippen LogP) is 1.68. The molecule has 1 atom stereocenters. The van der Waals surface area contributed by atoms with E-state index >= 15 is 0 Å². The van der Waals surface area contributed by atoms with Crippen LogP contribution < -0.4 is 10.6 Å². The fraction of sp³-hybridized carbons (Fsp3) is 0.615. The van der Waals surface area contributed by atoms with Crippen LogP contribution in [-0.4, -0.2) is 29.2 Å². The van der Waals surface area contributed by atoms with E-state index in [1.54, 1.807) is 12.1 Å². The van der Waals surface area contributed by atoms with Crippen LogP contribution in [0, 0.1) is 11.8 Å². The van der Waals surface area contributed by atoms with Gasteiger partial charge in [-0.1, -0.05) is 6.92 Å². The lowest BCUT2D eigenvalue weighted by atomic mass is 10.1. The minimum atomic E-state index is -0.141. The Kier molecular flexibility index (Phi) is 4.12. The summed E-state index contributed by atoms with van der Waals surface area (Å²) in [5.74, 6) is 1.91. The molecule has 18 heavy (non-hydrogen) atoms. The maximum atomic E-state index is 11.8. The lowest BCUT2D eigenvalue weighted by molar-refractivity contribution is 0.0940. The van der Waals surface area contributed by atoms with Crippen LogP contribution in [0.5, 0.6) is 0 Å². The first-order valence-corrected chi connectivity index (χ1v) is 6.56. The summed E-state index contributed by atoms with van der Waals surface area (Å²) in [5, 5.41) is 13.8. The fourth-order valence-electron chi connectivity index (χ4n) is 1.90. The molecule has 1 amide bonds. The van der Waals surface area contributed by atoms with Crippen molar-refractivity contribution < 1.29 is 4.79 Å². The molecule has 5 heteroatoms. The van der Waals surface area contributed by atoms with Crippen LogP contribution in [-0.2, 0) is 0 Å². The van der Waals surface area contributed by atoms with Crippen molar-refractivity contribution in [2.75, 3.05) is 18.4 Å². The van der Waals surface area contributed by atoms with Gasteiger partial charge in [-0.3, -0.25) is 4.79 Å². The standard InChI is InChI=1S/C13H20N4O/c1-3-14-12-7-6-11(16-17-12)13(18)15-8-9(2)10-4-5-10/h6-7,9-10H,3-5,8H2,1-2H3,(H,14,17)(H,15,18). The van der Waals surface area contributed by atoms with E-state index in [1.165, 1.54) is 12.8 Å². The molecule has 1 aliphatic carbocycles. The molecule has 98 valence electrons. The van der Waals surface area contributed by atoms with Gasteiger partial charge in [0.15, 0.2) is 5.69 Å². The predicted molar refractivity (Wildman–Crippen MR) is 70.4 cm³/mol. The highest BCUT2D eigenvalue weighted by molar-refractivity contribution is 5.92. The third kappa shape index (κ3) is 3.42. The number of hydrogen-bond acceptors (Lipinski definition) is 4. The van der Waals surface area contributed by atoms with Gasteiger partial charge in [0.1, 0.15) is 5.82 Å². The Balaban J connectivity index is 1.83. The molecule has 1 fully saturated rings. The van der Waals surface area contributed by atoms with Crippen LogP contribution in [0.1, 0.15) is 37.2 Å². The maximum Gasteiger partial charge on any atom is 0.271 e. The second kappa shape index (κ2) is 5.80. The van der Waals surface area contributed by atoms with Gasteiger partial charge in [0, 0.05) is 13.1 Å². The van der Waals surface area contributed by atoms with Crippen molar-refractivity contribution in [2.45, 2.75) is 26.7 Å². The van der Waals surface area contributed by atoms with Crippen molar-refractivity contribution in [1.82, 2.24) is 15.5 Å². The summed E-state index contributed by atoms with van der Waals surface area (Å²) in [6, 6.07) is 3.47. The molecule has 2 rings (SSSR count). The van der Waals surface area contributed by atoms with E-state index in [9.17, 15) is 4.79 Å². The van der Waals surface area contributed by atoms with Crippen molar-refractivity contribution in [1.29, 1.82) is 0 Å². The van der Waals surface area contributed by atoms with Gasteiger partial charge in [0.2, 0.25) is 0 Å². The zero-order valence-corrected chi connectivity index (χ0v) is 10.9. The minimum Gasteiger partial charge on any atom is -0.369 e. The number of carbonyl (C=O) groups excluding carboxylic acids is 1. The Morgan fingerprint density at radius 3 is 2.78 bits per heavy atom. The van der Waals surface area contributed by atoms with Crippen LogP contribution in [0.3, 0.4) is 0 Å². The van der Waals surface area contributed by atoms with E-state index in [1.807, 2.05) is 6.92 Å². The number of nitrogens with zero attached hydrogens (tertiary/aromatic N) is 2. The normalized spacial score (nSPS) is 16.1. The first-order valence-electron chi connectivity index (χ1n) is 6.56. The van der Waals surface area contributed by atoms with Gasteiger partial charge >= 0.3 is 0 Å². The largest absolute Gasteiger partial charge is 0.369 e. The molecule has 0 saturated heterocycles. The SMILES string of the molecule is CCNc1ccc(C(=O)NCC(C)C2CC2)nn1. The van der Waals surface area contributed by atoms with Crippen LogP contribution in [0.2, 0.25) is 0 Å². The van der Waals surface area contributed by atoms with Crippen LogP contribution in [0.4, 0.5) is 5.82 Å². The second-order valence-corrected chi connectivity index (χ2v) is 4.86. The fourth-order valence-corrected chi connectivity index (χ4v) is 1.90. The zero-order valence-electron chi connectivity index (χ0n) is 10.9. The van der Waals surface area contributed by atoms with E-state index in [0.717, 1.165) is 19.0 Å². The number of aromatic nitrogens is 2. The molecule has 1 aromatic rings. The molecule has 2 N–H and O–H groups in total. The number of nitrogens with one attached hydrogen (secondary N) is 2. The van der Waals surface area contributed by atoms with Crippen molar-refractivity contribution >= 4 is 11.7 Å². The second-order valence-electron chi connectivity index (χ2n) is 4.86. The summed E-state index contributed by atoms with van der Waals surface area (Å²) in [6.07, 6.45) is 2.60. The Morgan fingerprint density at radius 2 is 2.22 bits per heavy atom. The van der Waals surface area contributed by atoms with Crippen molar-refractivity contribution in [3.8, 4) is 0 Å². The molecule has 1 aliphatic rings. The zero-order chi connectivity index (χ0) is 13.0.